The molecule has 0 radical (unpaired) electrons. The van der Waals surface area contributed by atoms with E-state index in [0.717, 1.165) is 0 Å². The summed E-state index contributed by atoms with van der Waals surface area (Å²) in [4.78, 5) is 19.8. The van der Waals surface area contributed by atoms with Crippen LogP contribution in [-0.4, -0.2) is 11.2 Å². The predicted octanol–water partition coefficient (Wildman–Crippen LogP) is 1.79. The molecule has 0 saturated carbocycles. The zero-order valence-corrected chi connectivity index (χ0v) is 6.89. The maximum absolute atomic E-state index is 10.2. The summed E-state index contributed by atoms with van der Waals surface area (Å²) in [5, 5.41) is 10.2. The van der Waals surface area contributed by atoms with Crippen LogP contribution in [0.5, 0.6) is 0 Å². The van der Waals surface area contributed by atoms with Crippen molar-refractivity contribution in [1.82, 2.24) is 0 Å². The Morgan fingerprint density at radius 3 is 2.77 bits per heavy atom. The quantitative estimate of drug-likeness (QED) is 0.308. The molecule has 0 fully saturated rings. The van der Waals surface area contributed by atoms with E-state index in [4.69, 9.17) is 4.42 Å². The molecule has 0 atom stereocenters. The van der Waals surface area contributed by atoms with Gasteiger partial charge in [0.05, 0.1) is 6.07 Å². The van der Waals surface area contributed by atoms with Gasteiger partial charge in [-0.2, -0.15) is 0 Å². The van der Waals surface area contributed by atoms with Gasteiger partial charge in [-0.1, -0.05) is 0 Å². The number of nitro groups is 1. The lowest BCUT2D eigenvalue weighted by Gasteiger charge is -1.85. The van der Waals surface area contributed by atoms with E-state index in [9.17, 15) is 14.9 Å². The van der Waals surface area contributed by atoms with E-state index in [1.165, 1.54) is 18.2 Å². The Hall–Kier alpha value is -1.91. The van der Waals surface area contributed by atoms with Crippen LogP contribution in [0.1, 0.15) is 12.7 Å². The topological polar surface area (TPSA) is 73.3 Å². The summed E-state index contributed by atoms with van der Waals surface area (Å²) in [6.07, 6.45) is 2.08. The van der Waals surface area contributed by atoms with Crippen LogP contribution in [0.15, 0.2) is 22.1 Å². The van der Waals surface area contributed by atoms with Gasteiger partial charge in [-0.15, -0.1) is 0 Å². The van der Waals surface area contributed by atoms with Crippen LogP contribution in [0.25, 0.3) is 6.08 Å². The molecular weight excluding hydrogens is 174 g/mol. The Morgan fingerprint density at radius 2 is 2.31 bits per heavy atom. The fourth-order valence-corrected chi connectivity index (χ4v) is 0.776. The fourth-order valence-electron chi connectivity index (χ4n) is 0.776. The minimum Gasteiger partial charge on any atom is -0.401 e. The molecule has 68 valence electrons. The second-order valence-corrected chi connectivity index (χ2v) is 2.44. The SMILES string of the molecule is CC(C=O)=Cc1ccc([N+](=O)[O-])o1. The molecule has 0 aliphatic rings. The molecule has 1 rings (SSSR count). The van der Waals surface area contributed by atoms with Crippen LogP contribution >= 0.6 is 0 Å². The third kappa shape index (κ3) is 2.26. The van der Waals surface area contributed by atoms with Crippen molar-refractivity contribution in [3.05, 3.63) is 33.6 Å². The summed E-state index contributed by atoms with van der Waals surface area (Å²) in [5.41, 5.74) is 0.448. The lowest BCUT2D eigenvalue weighted by Crippen LogP contribution is -1.82. The molecule has 1 heterocycles. The Bertz CT molecular complexity index is 364. The number of hydrogen-bond acceptors (Lipinski definition) is 4. The highest BCUT2D eigenvalue weighted by Crippen LogP contribution is 2.17. The van der Waals surface area contributed by atoms with Gasteiger partial charge in [0.2, 0.25) is 0 Å². The summed E-state index contributed by atoms with van der Waals surface area (Å²) in [7, 11) is 0. The van der Waals surface area contributed by atoms with E-state index >= 15 is 0 Å². The number of aldehydes is 1. The molecule has 0 saturated heterocycles. The molecule has 0 bridgehead atoms. The summed E-state index contributed by atoms with van der Waals surface area (Å²) in [6.45, 7) is 1.58. The largest absolute Gasteiger partial charge is 0.433 e. The van der Waals surface area contributed by atoms with Gasteiger partial charge in [0.25, 0.3) is 0 Å². The van der Waals surface area contributed by atoms with Crippen molar-refractivity contribution in [2.75, 3.05) is 0 Å². The van der Waals surface area contributed by atoms with Crippen molar-refractivity contribution in [3.63, 3.8) is 0 Å². The van der Waals surface area contributed by atoms with E-state index in [1.54, 1.807) is 6.92 Å². The average Bonchev–Trinajstić information content (AvgIpc) is 2.52. The number of carbonyl (C=O) groups is 1. The number of carbonyl (C=O) groups excluding carboxylic acids is 1. The molecule has 0 aliphatic heterocycles. The number of rotatable bonds is 3. The summed E-state index contributed by atoms with van der Waals surface area (Å²) >= 11 is 0. The van der Waals surface area contributed by atoms with Crippen molar-refractivity contribution >= 4 is 18.2 Å². The van der Waals surface area contributed by atoms with Gasteiger partial charge in [-0.25, -0.2) is 0 Å². The molecule has 1 aromatic rings. The summed E-state index contributed by atoms with van der Waals surface area (Å²) in [6, 6.07) is 2.68. The average molecular weight is 181 g/mol. The number of nitrogens with zero attached hydrogens (tertiary/aromatic N) is 1. The first kappa shape index (κ1) is 9.18. The van der Waals surface area contributed by atoms with Crippen LogP contribution in [0.4, 0.5) is 5.88 Å². The Morgan fingerprint density at radius 1 is 1.62 bits per heavy atom. The number of hydrogen-bond donors (Lipinski definition) is 0. The smallest absolute Gasteiger partial charge is 0.401 e. The minimum absolute atomic E-state index is 0.302. The molecule has 0 aliphatic carbocycles. The van der Waals surface area contributed by atoms with Crippen LogP contribution in [0.3, 0.4) is 0 Å². The highest BCUT2D eigenvalue weighted by molar-refractivity contribution is 5.79. The van der Waals surface area contributed by atoms with Crippen molar-refractivity contribution in [2.45, 2.75) is 6.92 Å². The third-order valence-corrected chi connectivity index (χ3v) is 1.35. The highest BCUT2D eigenvalue weighted by atomic mass is 16.6. The molecule has 13 heavy (non-hydrogen) atoms. The fraction of sp³-hybridized carbons (Fsp3) is 0.125. The van der Waals surface area contributed by atoms with Gasteiger partial charge < -0.3 is 4.42 Å². The standard InChI is InChI=1S/C8H7NO4/c1-6(5-10)4-7-2-3-8(13-7)9(11)12/h2-5H,1H3. The van der Waals surface area contributed by atoms with Crippen LogP contribution in [0, 0.1) is 10.1 Å². The minimum atomic E-state index is -0.631. The highest BCUT2D eigenvalue weighted by Gasteiger charge is 2.09. The van der Waals surface area contributed by atoms with Crippen LogP contribution < -0.4 is 0 Å². The first-order valence-electron chi connectivity index (χ1n) is 3.51. The molecule has 5 heteroatoms. The van der Waals surface area contributed by atoms with Gasteiger partial charge in [0, 0.05) is 0 Å². The normalized spacial score (nSPS) is 11.3. The van der Waals surface area contributed by atoms with Crippen molar-refractivity contribution in [1.29, 1.82) is 0 Å². The maximum Gasteiger partial charge on any atom is 0.433 e. The van der Waals surface area contributed by atoms with Crippen molar-refractivity contribution in [3.8, 4) is 0 Å². The number of furan rings is 1. The summed E-state index contributed by atoms with van der Waals surface area (Å²) in [5.74, 6) is -0.0266. The lowest BCUT2D eigenvalue weighted by molar-refractivity contribution is -0.402. The molecule has 0 spiro atoms. The molecule has 0 unspecified atom stereocenters. The maximum atomic E-state index is 10.2. The molecule has 0 aromatic carbocycles. The zero-order chi connectivity index (χ0) is 9.84. The Kier molecular flexibility index (Phi) is 2.59. The van der Waals surface area contributed by atoms with E-state index in [2.05, 4.69) is 0 Å². The van der Waals surface area contributed by atoms with E-state index < -0.39 is 4.92 Å². The van der Waals surface area contributed by atoms with Gasteiger partial charge in [-0.3, -0.25) is 14.9 Å². The molecule has 5 nitrogen and oxygen atoms in total. The predicted molar refractivity (Wildman–Crippen MR) is 45.1 cm³/mol. The molecular formula is C8H7NO4. The van der Waals surface area contributed by atoms with E-state index in [0.29, 0.717) is 17.6 Å². The first-order valence-corrected chi connectivity index (χ1v) is 3.51. The van der Waals surface area contributed by atoms with Crippen molar-refractivity contribution < 1.29 is 14.1 Å². The Labute approximate surface area is 73.8 Å². The van der Waals surface area contributed by atoms with E-state index in [-0.39, 0.29) is 5.88 Å². The van der Waals surface area contributed by atoms with Gasteiger partial charge in [-0.05, 0) is 24.6 Å². The van der Waals surface area contributed by atoms with Crippen LogP contribution in [0.2, 0.25) is 0 Å². The molecule has 1 aromatic heterocycles. The third-order valence-electron chi connectivity index (χ3n) is 1.35. The first-order chi connectivity index (χ1) is 6.13. The van der Waals surface area contributed by atoms with Gasteiger partial charge in [0.1, 0.15) is 17.0 Å². The second kappa shape index (κ2) is 3.66. The van der Waals surface area contributed by atoms with Crippen LogP contribution in [-0.2, 0) is 4.79 Å². The molecule has 0 N–H and O–H groups in total. The van der Waals surface area contributed by atoms with Crippen molar-refractivity contribution in [2.24, 2.45) is 0 Å². The van der Waals surface area contributed by atoms with Gasteiger partial charge in [0.15, 0.2) is 0 Å². The number of allylic oxidation sites excluding steroid dienone is 1. The zero-order valence-electron chi connectivity index (χ0n) is 6.89. The summed E-state index contributed by atoms with van der Waals surface area (Å²) < 4.78 is 4.78. The second-order valence-electron chi connectivity index (χ2n) is 2.44. The monoisotopic (exact) mass is 181 g/mol. The molecule has 0 amide bonds. The van der Waals surface area contributed by atoms with Gasteiger partial charge >= 0.3 is 5.88 Å². The van der Waals surface area contributed by atoms with E-state index in [1.807, 2.05) is 0 Å². The Balaban J connectivity index is 2.92. The lowest BCUT2D eigenvalue weighted by atomic mass is 10.3.